The van der Waals surface area contributed by atoms with Crippen molar-refractivity contribution in [1.82, 2.24) is 9.97 Å². The Kier molecular flexibility index (Phi) is 5.58. The normalized spacial score (nSPS) is 18.1. The standard InChI is InChI=1S/C25H25N5O3/c1-25(13-32-14-25)15-33-23-3-2-16(4-17(23)6-26)22-10-30-24-21(22)5-18(8-29-24)19(7-27)9-28-20-11-31-12-20/h2-5,7-10,20H,11-15,27H2,1H3,(H,29,30)/b19-7+,28-9?. The van der Waals surface area contributed by atoms with Crippen molar-refractivity contribution in [3.63, 3.8) is 0 Å². The Morgan fingerprint density at radius 1 is 1.36 bits per heavy atom. The van der Waals surface area contributed by atoms with E-state index in [0.717, 1.165) is 33.3 Å². The topological polar surface area (TPSA) is 119 Å². The molecule has 3 N–H and O–H groups in total. The van der Waals surface area contributed by atoms with E-state index in [0.29, 0.717) is 44.3 Å². The third-order valence-corrected chi connectivity index (χ3v) is 5.98. The molecule has 0 saturated carbocycles. The predicted molar refractivity (Wildman–Crippen MR) is 126 cm³/mol. The summed E-state index contributed by atoms with van der Waals surface area (Å²) in [5, 5.41) is 10.6. The lowest BCUT2D eigenvalue weighted by Gasteiger charge is -2.37. The molecule has 5 rings (SSSR count). The Balaban J connectivity index is 1.43. The molecule has 4 heterocycles. The van der Waals surface area contributed by atoms with Crippen LogP contribution < -0.4 is 10.5 Å². The molecule has 0 spiro atoms. The first-order chi connectivity index (χ1) is 16.1. The first kappa shape index (κ1) is 21.2. The Labute approximate surface area is 191 Å². The number of rotatable bonds is 7. The number of benzene rings is 1. The summed E-state index contributed by atoms with van der Waals surface area (Å²) in [5.74, 6) is 0.581. The zero-order chi connectivity index (χ0) is 22.8. The number of ether oxygens (including phenoxy) is 3. The number of hydrogen-bond acceptors (Lipinski definition) is 7. The number of hydrogen-bond donors (Lipinski definition) is 2. The highest BCUT2D eigenvalue weighted by atomic mass is 16.5. The summed E-state index contributed by atoms with van der Waals surface area (Å²) in [7, 11) is 0. The molecule has 2 aliphatic rings. The minimum absolute atomic E-state index is 0.00743. The highest BCUT2D eigenvalue weighted by Gasteiger charge is 2.34. The van der Waals surface area contributed by atoms with E-state index in [4.69, 9.17) is 19.9 Å². The lowest BCUT2D eigenvalue weighted by molar-refractivity contribution is -0.120. The van der Waals surface area contributed by atoms with Gasteiger partial charge in [0.2, 0.25) is 0 Å². The van der Waals surface area contributed by atoms with Gasteiger partial charge in [-0.1, -0.05) is 13.0 Å². The molecule has 168 valence electrons. The number of H-pyrrole nitrogens is 1. The Morgan fingerprint density at radius 3 is 2.88 bits per heavy atom. The van der Waals surface area contributed by atoms with Crippen molar-refractivity contribution in [3.8, 4) is 22.9 Å². The van der Waals surface area contributed by atoms with Gasteiger partial charge in [0.1, 0.15) is 17.5 Å². The summed E-state index contributed by atoms with van der Waals surface area (Å²) in [6, 6.07) is 10.1. The maximum absolute atomic E-state index is 9.71. The van der Waals surface area contributed by atoms with Crippen LogP contribution in [-0.2, 0) is 9.47 Å². The van der Waals surface area contributed by atoms with Crippen LogP contribution in [0.1, 0.15) is 18.1 Å². The first-order valence-electron chi connectivity index (χ1n) is 10.8. The molecular weight excluding hydrogens is 418 g/mol. The first-order valence-corrected chi connectivity index (χ1v) is 10.8. The summed E-state index contributed by atoms with van der Waals surface area (Å²) in [5.41, 5.74) is 10.6. The molecule has 3 aromatic rings. The van der Waals surface area contributed by atoms with Gasteiger partial charge in [-0.25, -0.2) is 4.98 Å². The van der Waals surface area contributed by atoms with Crippen molar-refractivity contribution < 1.29 is 14.2 Å². The van der Waals surface area contributed by atoms with Crippen LogP contribution in [0.4, 0.5) is 0 Å². The van der Waals surface area contributed by atoms with Gasteiger partial charge in [0.05, 0.1) is 44.6 Å². The molecule has 0 unspecified atom stereocenters. The van der Waals surface area contributed by atoms with Crippen LogP contribution in [-0.4, -0.2) is 55.3 Å². The molecule has 0 amide bonds. The fourth-order valence-corrected chi connectivity index (χ4v) is 3.81. The second kappa shape index (κ2) is 8.70. The molecule has 2 fully saturated rings. The minimum Gasteiger partial charge on any atom is -0.491 e. The molecule has 1 aromatic carbocycles. The monoisotopic (exact) mass is 443 g/mol. The summed E-state index contributed by atoms with van der Waals surface area (Å²) in [4.78, 5) is 12.3. The van der Waals surface area contributed by atoms with Crippen LogP contribution in [0.5, 0.6) is 5.75 Å². The molecule has 0 radical (unpaired) electrons. The molecule has 0 bridgehead atoms. The van der Waals surface area contributed by atoms with Crippen LogP contribution in [0.25, 0.3) is 27.7 Å². The Bertz CT molecular complexity index is 1280. The SMILES string of the molecule is CC1(COc2ccc(-c3c[nH]c4ncc(/C(C=NC5COC5)=C/N)cc34)cc2C#N)COC1. The second-order valence-electron chi connectivity index (χ2n) is 8.83. The van der Waals surface area contributed by atoms with Gasteiger partial charge in [0, 0.05) is 52.3 Å². The zero-order valence-corrected chi connectivity index (χ0v) is 18.4. The van der Waals surface area contributed by atoms with Crippen molar-refractivity contribution in [2.75, 3.05) is 33.0 Å². The van der Waals surface area contributed by atoms with E-state index >= 15 is 0 Å². The summed E-state index contributed by atoms with van der Waals surface area (Å²) < 4.78 is 16.4. The Morgan fingerprint density at radius 2 is 2.21 bits per heavy atom. The van der Waals surface area contributed by atoms with E-state index < -0.39 is 0 Å². The van der Waals surface area contributed by atoms with E-state index in [1.165, 1.54) is 6.20 Å². The van der Waals surface area contributed by atoms with Gasteiger partial charge in [-0.3, -0.25) is 4.99 Å². The average molecular weight is 444 g/mol. The number of aliphatic imine (C=N–C) groups is 1. The summed E-state index contributed by atoms with van der Waals surface area (Å²) >= 11 is 0. The number of aromatic amines is 1. The predicted octanol–water partition coefficient (Wildman–Crippen LogP) is 3.29. The van der Waals surface area contributed by atoms with Gasteiger partial charge >= 0.3 is 0 Å². The number of fused-ring (bicyclic) bond motifs is 1. The molecular formula is C25H25N5O3. The third kappa shape index (κ3) is 4.21. The third-order valence-electron chi connectivity index (χ3n) is 5.98. The quantitative estimate of drug-likeness (QED) is 0.541. The second-order valence-corrected chi connectivity index (χ2v) is 8.83. The molecule has 2 aliphatic heterocycles. The van der Waals surface area contributed by atoms with Crippen molar-refractivity contribution >= 4 is 22.8 Å². The van der Waals surface area contributed by atoms with Crippen molar-refractivity contribution in [2.24, 2.45) is 16.1 Å². The lowest BCUT2D eigenvalue weighted by atomic mass is 9.90. The van der Waals surface area contributed by atoms with E-state index in [9.17, 15) is 5.26 Å². The van der Waals surface area contributed by atoms with E-state index in [1.807, 2.05) is 30.5 Å². The van der Waals surface area contributed by atoms with Crippen LogP contribution in [0, 0.1) is 16.7 Å². The summed E-state index contributed by atoms with van der Waals surface area (Å²) in [6.07, 6.45) is 6.98. The van der Waals surface area contributed by atoms with Crippen molar-refractivity contribution in [1.29, 1.82) is 5.26 Å². The van der Waals surface area contributed by atoms with Gasteiger partial charge in [-0.05, 0) is 23.8 Å². The lowest BCUT2D eigenvalue weighted by Crippen LogP contribution is -2.44. The molecule has 0 atom stereocenters. The zero-order valence-electron chi connectivity index (χ0n) is 18.4. The Hall–Kier alpha value is -3.67. The number of nitrogens with one attached hydrogen (secondary N) is 1. The van der Waals surface area contributed by atoms with Gasteiger partial charge in [0.15, 0.2) is 0 Å². The highest BCUT2D eigenvalue weighted by Crippen LogP contribution is 2.34. The van der Waals surface area contributed by atoms with Crippen molar-refractivity contribution in [2.45, 2.75) is 13.0 Å². The number of allylic oxidation sites excluding steroid dienone is 1. The molecule has 8 heteroatoms. The summed E-state index contributed by atoms with van der Waals surface area (Å²) in [6.45, 7) is 5.27. The van der Waals surface area contributed by atoms with Gasteiger partial charge < -0.3 is 24.9 Å². The smallest absolute Gasteiger partial charge is 0.137 e. The molecule has 2 aromatic heterocycles. The van der Waals surface area contributed by atoms with Gasteiger partial charge in [-0.15, -0.1) is 0 Å². The van der Waals surface area contributed by atoms with Crippen molar-refractivity contribution in [3.05, 3.63) is 54.0 Å². The maximum atomic E-state index is 9.71. The molecule has 0 aliphatic carbocycles. The number of aromatic nitrogens is 2. The van der Waals surface area contributed by atoms with Gasteiger partial charge in [0.25, 0.3) is 0 Å². The maximum Gasteiger partial charge on any atom is 0.137 e. The largest absolute Gasteiger partial charge is 0.491 e. The molecule has 33 heavy (non-hydrogen) atoms. The molecule has 2 saturated heterocycles. The number of nitriles is 1. The van der Waals surface area contributed by atoms with E-state index in [-0.39, 0.29) is 11.5 Å². The average Bonchev–Trinajstić information content (AvgIpc) is 3.21. The number of nitrogens with zero attached hydrogens (tertiary/aromatic N) is 3. The van der Waals surface area contributed by atoms with E-state index in [1.54, 1.807) is 12.4 Å². The van der Waals surface area contributed by atoms with E-state index in [2.05, 4.69) is 28.0 Å². The van der Waals surface area contributed by atoms with Crippen LogP contribution in [0.2, 0.25) is 0 Å². The van der Waals surface area contributed by atoms with Gasteiger partial charge in [-0.2, -0.15) is 5.26 Å². The highest BCUT2D eigenvalue weighted by molar-refractivity contribution is 6.11. The number of nitrogens with two attached hydrogens (primary N) is 1. The fraction of sp³-hybridized carbons (Fsp3) is 0.320. The number of pyridine rings is 1. The fourth-order valence-electron chi connectivity index (χ4n) is 3.81. The van der Waals surface area contributed by atoms with Crippen LogP contribution in [0.3, 0.4) is 0 Å². The van der Waals surface area contributed by atoms with Crippen LogP contribution >= 0.6 is 0 Å². The molecule has 8 nitrogen and oxygen atoms in total. The minimum atomic E-state index is 0.00743. The van der Waals surface area contributed by atoms with Crippen LogP contribution in [0.15, 0.2) is 47.9 Å².